The molecular formula is C12H24N2O2. The van der Waals surface area contributed by atoms with Crippen LogP contribution in [0.1, 0.15) is 32.6 Å². The number of amides is 1. The minimum Gasteiger partial charge on any atom is -0.384 e. The molecule has 1 aliphatic heterocycles. The van der Waals surface area contributed by atoms with E-state index in [1.54, 1.807) is 7.11 Å². The van der Waals surface area contributed by atoms with Crippen molar-refractivity contribution in [2.45, 2.75) is 38.6 Å². The highest BCUT2D eigenvalue weighted by Gasteiger charge is 2.18. The number of hydrogen-bond acceptors (Lipinski definition) is 3. The van der Waals surface area contributed by atoms with Gasteiger partial charge in [0.05, 0.1) is 13.0 Å². The van der Waals surface area contributed by atoms with Crippen LogP contribution in [0.5, 0.6) is 0 Å². The van der Waals surface area contributed by atoms with E-state index in [-0.39, 0.29) is 5.91 Å². The molecule has 1 unspecified atom stereocenters. The third-order valence-corrected chi connectivity index (χ3v) is 3.11. The summed E-state index contributed by atoms with van der Waals surface area (Å²) in [5.41, 5.74) is 0. The van der Waals surface area contributed by atoms with Crippen LogP contribution in [0.3, 0.4) is 0 Å². The van der Waals surface area contributed by atoms with Crippen LogP contribution >= 0.6 is 0 Å². The van der Waals surface area contributed by atoms with E-state index in [4.69, 9.17) is 4.74 Å². The molecular weight excluding hydrogens is 204 g/mol. The summed E-state index contributed by atoms with van der Waals surface area (Å²) in [7, 11) is 1.63. The van der Waals surface area contributed by atoms with Gasteiger partial charge in [-0.05, 0) is 26.3 Å². The summed E-state index contributed by atoms with van der Waals surface area (Å²) in [6, 6.07) is 0.486. The second-order valence-corrected chi connectivity index (χ2v) is 4.32. The van der Waals surface area contributed by atoms with Gasteiger partial charge >= 0.3 is 0 Å². The number of carbonyl (C=O) groups is 1. The van der Waals surface area contributed by atoms with Crippen LogP contribution in [0, 0.1) is 0 Å². The largest absolute Gasteiger partial charge is 0.384 e. The quantitative estimate of drug-likeness (QED) is 0.738. The van der Waals surface area contributed by atoms with Crippen LogP contribution in [-0.4, -0.2) is 50.2 Å². The molecule has 16 heavy (non-hydrogen) atoms. The zero-order valence-corrected chi connectivity index (χ0v) is 10.5. The van der Waals surface area contributed by atoms with Crippen molar-refractivity contribution in [3.8, 4) is 0 Å². The molecule has 0 aliphatic carbocycles. The van der Waals surface area contributed by atoms with Crippen LogP contribution in [-0.2, 0) is 9.53 Å². The van der Waals surface area contributed by atoms with Crippen molar-refractivity contribution in [3.63, 3.8) is 0 Å². The standard InChI is InChI=1S/C12H24N2O2/c1-3-14(12(15)7-9-16-2)10-11-6-4-5-8-13-11/h11,13H,3-10H2,1-2H3. The molecule has 1 atom stereocenters. The average Bonchev–Trinajstić information content (AvgIpc) is 2.34. The van der Waals surface area contributed by atoms with Gasteiger partial charge in [-0.1, -0.05) is 6.42 Å². The Kier molecular flexibility index (Phi) is 6.42. The number of hydrogen-bond donors (Lipinski definition) is 1. The summed E-state index contributed by atoms with van der Waals surface area (Å²) >= 11 is 0. The van der Waals surface area contributed by atoms with Crippen molar-refractivity contribution < 1.29 is 9.53 Å². The van der Waals surface area contributed by atoms with Gasteiger partial charge in [-0.3, -0.25) is 4.79 Å². The molecule has 1 rings (SSSR count). The summed E-state index contributed by atoms with van der Waals surface area (Å²) in [6.07, 6.45) is 4.23. The Hall–Kier alpha value is -0.610. The molecule has 1 aliphatic rings. The van der Waals surface area contributed by atoms with Gasteiger partial charge in [0.1, 0.15) is 0 Å². The summed E-state index contributed by atoms with van der Waals surface area (Å²) in [6.45, 7) is 5.29. The van der Waals surface area contributed by atoms with Crippen molar-refractivity contribution in [1.29, 1.82) is 0 Å². The summed E-state index contributed by atoms with van der Waals surface area (Å²) in [5, 5.41) is 3.47. The molecule has 4 nitrogen and oxygen atoms in total. The fourth-order valence-electron chi connectivity index (χ4n) is 2.10. The first-order chi connectivity index (χ1) is 7.77. The molecule has 0 spiro atoms. The van der Waals surface area contributed by atoms with Gasteiger partial charge < -0.3 is 15.0 Å². The average molecular weight is 228 g/mol. The monoisotopic (exact) mass is 228 g/mol. The second-order valence-electron chi connectivity index (χ2n) is 4.32. The van der Waals surface area contributed by atoms with E-state index < -0.39 is 0 Å². The van der Waals surface area contributed by atoms with Crippen LogP contribution < -0.4 is 5.32 Å². The van der Waals surface area contributed by atoms with Crippen molar-refractivity contribution in [1.82, 2.24) is 10.2 Å². The molecule has 1 amide bonds. The molecule has 94 valence electrons. The van der Waals surface area contributed by atoms with E-state index in [1.807, 2.05) is 11.8 Å². The highest BCUT2D eigenvalue weighted by atomic mass is 16.5. The van der Waals surface area contributed by atoms with Crippen LogP contribution in [0.2, 0.25) is 0 Å². The molecule has 0 saturated carbocycles. The maximum Gasteiger partial charge on any atom is 0.224 e. The van der Waals surface area contributed by atoms with Crippen LogP contribution in [0.15, 0.2) is 0 Å². The van der Waals surface area contributed by atoms with Gasteiger partial charge in [0.2, 0.25) is 5.91 Å². The van der Waals surface area contributed by atoms with Gasteiger partial charge in [-0.2, -0.15) is 0 Å². The Morgan fingerprint density at radius 2 is 2.31 bits per heavy atom. The normalized spacial score (nSPS) is 20.8. The fourth-order valence-corrected chi connectivity index (χ4v) is 2.10. The molecule has 0 bridgehead atoms. The Morgan fingerprint density at radius 1 is 1.50 bits per heavy atom. The summed E-state index contributed by atoms with van der Waals surface area (Å²) in [5.74, 6) is 0.205. The molecule has 0 aromatic rings. The Bertz CT molecular complexity index is 203. The van der Waals surface area contributed by atoms with Gasteiger partial charge in [0.15, 0.2) is 0 Å². The molecule has 1 heterocycles. The van der Waals surface area contributed by atoms with Crippen LogP contribution in [0.4, 0.5) is 0 Å². The van der Waals surface area contributed by atoms with Crippen LogP contribution in [0.25, 0.3) is 0 Å². The van der Waals surface area contributed by atoms with E-state index >= 15 is 0 Å². The van der Waals surface area contributed by atoms with Gasteiger partial charge in [0.25, 0.3) is 0 Å². The fraction of sp³-hybridized carbons (Fsp3) is 0.917. The Morgan fingerprint density at radius 3 is 2.88 bits per heavy atom. The SMILES string of the molecule is CCN(CC1CCCCN1)C(=O)CCOC. The van der Waals surface area contributed by atoms with Gasteiger partial charge in [-0.25, -0.2) is 0 Å². The first-order valence-electron chi connectivity index (χ1n) is 6.28. The molecule has 0 aromatic heterocycles. The lowest BCUT2D eigenvalue weighted by molar-refractivity contribution is -0.132. The maximum absolute atomic E-state index is 11.8. The number of piperidine rings is 1. The number of nitrogens with zero attached hydrogens (tertiary/aromatic N) is 1. The van der Waals surface area contributed by atoms with E-state index in [9.17, 15) is 4.79 Å². The van der Waals surface area contributed by atoms with Crippen molar-refractivity contribution >= 4 is 5.91 Å². The van der Waals surface area contributed by atoms with Crippen molar-refractivity contribution in [3.05, 3.63) is 0 Å². The number of ether oxygens (including phenoxy) is 1. The Balaban J connectivity index is 2.31. The lowest BCUT2D eigenvalue weighted by Gasteiger charge is -2.30. The smallest absolute Gasteiger partial charge is 0.224 e. The molecule has 1 N–H and O–H groups in total. The summed E-state index contributed by atoms with van der Waals surface area (Å²) in [4.78, 5) is 13.8. The van der Waals surface area contributed by atoms with E-state index in [0.717, 1.165) is 19.6 Å². The minimum atomic E-state index is 0.205. The lowest BCUT2D eigenvalue weighted by atomic mass is 10.0. The van der Waals surface area contributed by atoms with E-state index in [0.29, 0.717) is 19.1 Å². The summed E-state index contributed by atoms with van der Waals surface area (Å²) < 4.78 is 4.93. The molecule has 0 aromatic carbocycles. The number of rotatable bonds is 6. The first kappa shape index (κ1) is 13.5. The number of nitrogens with one attached hydrogen (secondary N) is 1. The van der Waals surface area contributed by atoms with Gasteiger partial charge in [0, 0.05) is 26.2 Å². The molecule has 1 saturated heterocycles. The molecule has 0 radical (unpaired) electrons. The number of carbonyl (C=O) groups excluding carboxylic acids is 1. The second kappa shape index (κ2) is 7.63. The maximum atomic E-state index is 11.8. The molecule has 1 fully saturated rings. The number of likely N-dealkylation sites (N-methyl/N-ethyl adjacent to an activating group) is 1. The van der Waals surface area contributed by atoms with Gasteiger partial charge in [-0.15, -0.1) is 0 Å². The third-order valence-electron chi connectivity index (χ3n) is 3.11. The zero-order valence-electron chi connectivity index (χ0n) is 10.5. The van der Waals surface area contributed by atoms with E-state index in [2.05, 4.69) is 5.32 Å². The zero-order chi connectivity index (χ0) is 11.8. The minimum absolute atomic E-state index is 0.205. The first-order valence-corrected chi connectivity index (χ1v) is 6.28. The van der Waals surface area contributed by atoms with Crippen molar-refractivity contribution in [2.75, 3.05) is 33.4 Å². The topological polar surface area (TPSA) is 41.6 Å². The highest BCUT2D eigenvalue weighted by Crippen LogP contribution is 2.09. The van der Waals surface area contributed by atoms with Crippen molar-refractivity contribution in [2.24, 2.45) is 0 Å². The lowest BCUT2D eigenvalue weighted by Crippen LogP contribution is -2.45. The highest BCUT2D eigenvalue weighted by molar-refractivity contribution is 5.76. The van der Waals surface area contributed by atoms with E-state index in [1.165, 1.54) is 19.3 Å². The third kappa shape index (κ3) is 4.49. The number of methoxy groups -OCH3 is 1. The predicted molar refractivity (Wildman–Crippen MR) is 64.4 cm³/mol. The Labute approximate surface area is 98.3 Å². The predicted octanol–water partition coefficient (Wildman–Crippen LogP) is 1.01. The molecule has 4 heteroatoms.